The second-order valence-corrected chi connectivity index (χ2v) is 6.06. The third kappa shape index (κ3) is 3.67. The molecule has 0 bridgehead atoms. The van der Waals surface area contributed by atoms with Crippen LogP contribution in [0.3, 0.4) is 0 Å². The van der Waals surface area contributed by atoms with Crippen LogP contribution in [0.2, 0.25) is 10.0 Å². The highest BCUT2D eigenvalue weighted by atomic mass is 35.5. The van der Waals surface area contributed by atoms with Gasteiger partial charge in [0, 0.05) is 23.3 Å². The zero-order valence-corrected chi connectivity index (χ0v) is 13.6. The monoisotopic (exact) mass is 339 g/mol. The fourth-order valence-corrected chi connectivity index (χ4v) is 2.50. The van der Waals surface area contributed by atoms with Gasteiger partial charge in [0.15, 0.2) is 0 Å². The van der Waals surface area contributed by atoms with Gasteiger partial charge in [0.1, 0.15) is 0 Å². The number of pyridine rings is 1. The van der Waals surface area contributed by atoms with Crippen LogP contribution in [0.25, 0.3) is 11.1 Å². The molecule has 116 valence electrons. The van der Waals surface area contributed by atoms with E-state index in [1.54, 1.807) is 24.3 Å². The molecule has 7 heteroatoms. The molecule has 0 fully saturated rings. The molecule has 0 aliphatic carbocycles. The van der Waals surface area contributed by atoms with Crippen molar-refractivity contribution < 1.29 is 4.92 Å². The van der Waals surface area contributed by atoms with Crippen LogP contribution in [-0.4, -0.2) is 16.5 Å². The van der Waals surface area contributed by atoms with Gasteiger partial charge in [0.2, 0.25) is 5.82 Å². The van der Waals surface area contributed by atoms with E-state index in [1.807, 2.05) is 13.8 Å². The fraction of sp³-hybridized carbons (Fsp3) is 0.267. The van der Waals surface area contributed by atoms with E-state index in [9.17, 15) is 10.1 Å². The number of hydrogen-bond acceptors (Lipinski definition) is 4. The molecule has 22 heavy (non-hydrogen) atoms. The Morgan fingerprint density at radius 3 is 2.59 bits per heavy atom. The van der Waals surface area contributed by atoms with Crippen LogP contribution < -0.4 is 5.32 Å². The molecule has 1 aromatic heterocycles. The first kappa shape index (κ1) is 16.5. The molecule has 0 saturated carbocycles. The van der Waals surface area contributed by atoms with Crippen LogP contribution in [0.1, 0.15) is 13.8 Å². The largest absolute Gasteiger partial charge is 0.364 e. The first-order valence-electron chi connectivity index (χ1n) is 6.73. The zero-order chi connectivity index (χ0) is 16.3. The Kier molecular flexibility index (Phi) is 5.21. The number of halogens is 2. The van der Waals surface area contributed by atoms with E-state index in [4.69, 9.17) is 23.2 Å². The summed E-state index contributed by atoms with van der Waals surface area (Å²) in [7, 11) is 0. The second-order valence-electron chi connectivity index (χ2n) is 5.21. The molecule has 1 N–H and O–H groups in total. The average molecular weight is 340 g/mol. The third-order valence-electron chi connectivity index (χ3n) is 3.01. The molecule has 0 atom stereocenters. The van der Waals surface area contributed by atoms with Gasteiger partial charge in [-0.1, -0.05) is 43.1 Å². The molecule has 0 aliphatic rings. The van der Waals surface area contributed by atoms with Crippen molar-refractivity contribution in [3.05, 3.63) is 50.6 Å². The van der Waals surface area contributed by atoms with E-state index >= 15 is 0 Å². The maximum absolute atomic E-state index is 11.5. The van der Waals surface area contributed by atoms with Crippen molar-refractivity contribution in [2.24, 2.45) is 5.92 Å². The van der Waals surface area contributed by atoms with Crippen LogP contribution in [0.15, 0.2) is 30.5 Å². The van der Waals surface area contributed by atoms with Gasteiger partial charge in [-0.15, -0.1) is 0 Å². The minimum Gasteiger partial charge on any atom is -0.364 e. The predicted molar refractivity (Wildman–Crippen MR) is 89.7 cm³/mol. The number of rotatable bonds is 5. The predicted octanol–water partition coefficient (Wildman–Crippen LogP) is 5.03. The molecule has 1 aromatic carbocycles. The van der Waals surface area contributed by atoms with Crippen LogP contribution in [0, 0.1) is 16.0 Å². The maximum atomic E-state index is 11.5. The van der Waals surface area contributed by atoms with E-state index in [2.05, 4.69) is 10.3 Å². The van der Waals surface area contributed by atoms with Crippen molar-refractivity contribution in [3.63, 3.8) is 0 Å². The van der Waals surface area contributed by atoms with Crippen molar-refractivity contribution in [1.29, 1.82) is 0 Å². The quantitative estimate of drug-likeness (QED) is 0.612. The summed E-state index contributed by atoms with van der Waals surface area (Å²) in [5, 5.41) is 15.3. The number of aromatic nitrogens is 1. The van der Waals surface area contributed by atoms with Gasteiger partial charge in [-0.25, -0.2) is 4.98 Å². The highest BCUT2D eigenvalue weighted by molar-refractivity contribution is 6.36. The summed E-state index contributed by atoms with van der Waals surface area (Å²) in [6.45, 7) is 4.61. The SMILES string of the molecule is CC(C)CNc1nccc(-c2ccc(Cl)cc2Cl)c1[N+](=O)[O-]. The lowest BCUT2D eigenvalue weighted by atomic mass is 10.0. The summed E-state index contributed by atoms with van der Waals surface area (Å²) < 4.78 is 0. The second kappa shape index (κ2) is 6.94. The van der Waals surface area contributed by atoms with Gasteiger partial charge in [-0.3, -0.25) is 10.1 Å². The standard InChI is InChI=1S/C15H15Cl2N3O2/c1-9(2)8-19-15-14(20(21)22)12(5-6-18-15)11-4-3-10(16)7-13(11)17/h3-7,9H,8H2,1-2H3,(H,18,19). The molecule has 5 nitrogen and oxygen atoms in total. The molecule has 0 amide bonds. The Morgan fingerprint density at radius 2 is 2.00 bits per heavy atom. The van der Waals surface area contributed by atoms with Gasteiger partial charge in [0.25, 0.3) is 0 Å². The van der Waals surface area contributed by atoms with Crippen LogP contribution in [-0.2, 0) is 0 Å². The summed E-state index contributed by atoms with van der Waals surface area (Å²) in [6.07, 6.45) is 1.52. The van der Waals surface area contributed by atoms with E-state index in [-0.39, 0.29) is 11.5 Å². The van der Waals surface area contributed by atoms with Crippen molar-refractivity contribution in [3.8, 4) is 11.1 Å². The number of nitrogens with one attached hydrogen (secondary N) is 1. The fourth-order valence-electron chi connectivity index (χ4n) is 1.99. The van der Waals surface area contributed by atoms with E-state index in [0.717, 1.165) is 0 Å². The summed E-state index contributed by atoms with van der Waals surface area (Å²) in [5.74, 6) is 0.575. The molecule has 0 saturated heterocycles. The lowest BCUT2D eigenvalue weighted by Gasteiger charge is -2.11. The third-order valence-corrected chi connectivity index (χ3v) is 3.55. The molecular weight excluding hydrogens is 325 g/mol. The molecule has 0 radical (unpaired) electrons. The molecule has 0 spiro atoms. The Labute approximate surface area is 138 Å². The van der Waals surface area contributed by atoms with Crippen molar-refractivity contribution in [2.45, 2.75) is 13.8 Å². The van der Waals surface area contributed by atoms with Crippen LogP contribution >= 0.6 is 23.2 Å². The zero-order valence-electron chi connectivity index (χ0n) is 12.1. The van der Waals surface area contributed by atoms with Gasteiger partial charge >= 0.3 is 5.69 Å². The molecule has 0 aliphatic heterocycles. The average Bonchev–Trinajstić information content (AvgIpc) is 2.44. The molecule has 2 rings (SSSR count). The molecule has 2 aromatic rings. The summed E-state index contributed by atoms with van der Waals surface area (Å²) in [5.41, 5.74) is 0.869. The Morgan fingerprint density at radius 1 is 1.27 bits per heavy atom. The Balaban J connectivity index is 2.55. The molecule has 1 heterocycles. The highest BCUT2D eigenvalue weighted by Gasteiger charge is 2.23. The van der Waals surface area contributed by atoms with E-state index in [1.165, 1.54) is 6.20 Å². The molecule has 0 unspecified atom stereocenters. The van der Waals surface area contributed by atoms with E-state index < -0.39 is 4.92 Å². The number of nitro groups is 1. The van der Waals surface area contributed by atoms with Crippen LogP contribution in [0.4, 0.5) is 11.5 Å². The minimum atomic E-state index is -0.448. The van der Waals surface area contributed by atoms with Gasteiger partial charge in [-0.2, -0.15) is 0 Å². The van der Waals surface area contributed by atoms with E-state index in [0.29, 0.717) is 33.6 Å². The normalized spacial score (nSPS) is 10.8. The maximum Gasteiger partial charge on any atom is 0.319 e. The van der Waals surface area contributed by atoms with Crippen LogP contribution in [0.5, 0.6) is 0 Å². The summed E-state index contributed by atoms with van der Waals surface area (Å²) in [4.78, 5) is 15.1. The number of anilines is 1. The number of hydrogen-bond donors (Lipinski definition) is 1. The lowest BCUT2D eigenvalue weighted by Crippen LogP contribution is -2.11. The first-order valence-corrected chi connectivity index (χ1v) is 7.48. The summed E-state index contributed by atoms with van der Waals surface area (Å²) in [6, 6.07) is 6.45. The lowest BCUT2D eigenvalue weighted by molar-refractivity contribution is -0.383. The van der Waals surface area contributed by atoms with Gasteiger partial charge < -0.3 is 5.32 Å². The summed E-state index contributed by atoms with van der Waals surface area (Å²) >= 11 is 12.1. The Hall–Kier alpha value is -1.85. The highest BCUT2D eigenvalue weighted by Crippen LogP contribution is 2.38. The van der Waals surface area contributed by atoms with Crippen molar-refractivity contribution in [1.82, 2.24) is 4.98 Å². The minimum absolute atomic E-state index is 0.0904. The van der Waals surface area contributed by atoms with Crippen molar-refractivity contribution >= 4 is 34.7 Å². The molecular formula is C15H15Cl2N3O2. The number of benzene rings is 1. The van der Waals surface area contributed by atoms with Gasteiger partial charge in [0.05, 0.1) is 15.5 Å². The smallest absolute Gasteiger partial charge is 0.319 e. The number of nitrogens with zero attached hydrogens (tertiary/aromatic N) is 2. The van der Waals surface area contributed by atoms with Gasteiger partial charge in [-0.05, 0) is 24.1 Å². The Bertz CT molecular complexity index is 705. The first-order chi connectivity index (χ1) is 10.4. The topological polar surface area (TPSA) is 68.1 Å². The van der Waals surface area contributed by atoms with Crippen molar-refractivity contribution in [2.75, 3.05) is 11.9 Å².